The lowest BCUT2D eigenvalue weighted by Gasteiger charge is -2.10. The van der Waals surface area contributed by atoms with E-state index in [1.165, 1.54) is 5.56 Å². The third kappa shape index (κ3) is 4.58. The van der Waals surface area contributed by atoms with Gasteiger partial charge in [0, 0.05) is 23.5 Å². The zero-order chi connectivity index (χ0) is 18.4. The van der Waals surface area contributed by atoms with Crippen LogP contribution in [0.5, 0.6) is 0 Å². The minimum Gasteiger partial charge on any atom is -0.354 e. The average Bonchev–Trinajstić information content (AvgIpc) is 2.66. The van der Waals surface area contributed by atoms with E-state index in [9.17, 15) is 4.79 Å². The van der Waals surface area contributed by atoms with Crippen molar-refractivity contribution >= 4 is 29.1 Å². The summed E-state index contributed by atoms with van der Waals surface area (Å²) in [7, 11) is 0. The predicted octanol–water partition coefficient (Wildman–Crippen LogP) is 4.35. The molecule has 26 heavy (non-hydrogen) atoms. The highest BCUT2D eigenvalue weighted by Gasteiger charge is 2.11. The Balaban J connectivity index is 1.63. The maximum absolute atomic E-state index is 12.5. The van der Waals surface area contributed by atoms with Gasteiger partial charge in [-0.1, -0.05) is 48.0 Å². The third-order valence-electron chi connectivity index (χ3n) is 3.94. The number of halogens is 1. The van der Waals surface area contributed by atoms with Crippen LogP contribution >= 0.6 is 11.6 Å². The number of rotatable bonds is 6. The van der Waals surface area contributed by atoms with Crippen molar-refractivity contribution in [2.75, 3.05) is 17.2 Å². The molecule has 0 aliphatic carbocycles. The summed E-state index contributed by atoms with van der Waals surface area (Å²) in [6, 6.07) is 17.1. The Labute approximate surface area is 157 Å². The Morgan fingerprint density at radius 1 is 1.08 bits per heavy atom. The van der Waals surface area contributed by atoms with Crippen molar-refractivity contribution < 1.29 is 4.79 Å². The van der Waals surface area contributed by atoms with E-state index in [0.717, 1.165) is 12.0 Å². The molecule has 0 radical (unpaired) electrons. The van der Waals surface area contributed by atoms with Crippen molar-refractivity contribution in [3.8, 4) is 0 Å². The summed E-state index contributed by atoms with van der Waals surface area (Å²) in [6.07, 6.45) is 2.42. The quantitative estimate of drug-likeness (QED) is 0.680. The molecule has 1 amide bonds. The van der Waals surface area contributed by atoms with Crippen LogP contribution in [0.4, 0.5) is 11.6 Å². The highest BCUT2D eigenvalue weighted by molar-refractivity contribution is 6.31. The fourth-order valence-electron chi connectivity index (χ4n) is 2.46. The molecule has 5 nitrogen and oxygen atoms in total. The number of aromatic nitrogens is 2. The van der Waals surface area contributed by atoms with Crippen molar-refractivity contribution in [3.63, 3.8) is 0 Å². The van der Waals surface area contributed by atoms with Crippen LogP contribution in [-0.2, 0) is 6.42 Å². The first kappa shape index (κ1) is 17.9. The van der Waals surface area contributed by atoms with Gasteiger partial charge in [0.1, 0.15) is 5.69 Å². The van der Waals surface area contributed by atoms with Gasteiger partial charge in [0.2, 0.25) is 5.95 Å². The lowest BCUT2D eigenvalue weighted by atomic mass is 10.1. The van der Waals surface area contributed by atoms with E-state index in [2.05, 4.69) is 32.7 Å². The third-order valence-corrected chi connectivity index (χ3v) is 4.35. The van der Waals surface area contributed by atoms with E-state index in [0.29, 0.717) is 28.9 Å². The van der Waals surface area contributed by atoms with Crippen molar-refractivity contribution in [2.45, 2.75) is 13.3 Å². The summed E-state index contributed by atoms with van der Waals surface area (Å²) in [5.74, 6) is 0.125. The molecule has 3 aromatic rings. The molecule has 0 saturated carbocycles. The molecule has 0 atom stereocenters. The molecule has 3 rings (SSSR count). The van der Waals surface area contributed by atoms with Crippen molar-refractivity contribution in [3.05, 3.63) is 82.6 Å². The second-order valence-corrected chi connectivity index (χ2v) is 6.20. The van der Waals surface area contributed by atoms with Gasteiger partial charge in [-0.3, -0.25) is 4.79 Å². The van der Waals surface area contributed by atoms with E-state index in [1.807, 2.05) is 25.1 Å². The summed E-state index contributed by atoms with van der Waals surface area (Å²) in [5.41, 5.74) is 3.00. The van der Waals surface area contributed by atoms with Gasteiger partial charge in [0.05, 0.1) is 0 Å². The van der Waals surface area contributed by atoms with E-state index >= 15 is 0 Å². The van der Waals surface area contributed by atoms with Gasteiger partial charge in [-0.2, -0.15) is 0 Å². The molecule has 6 heteroatoms. The Morgan fingerprint density at radius 2 is 1.88 bits per heavy atom. The van der Waals surface area contributed by atoms with E-state index in [1.54, 1.807) is 30.5 Å². The number of nitrogens with zero attached hydrogens (tertiary/aromatic N) is 2. The number of hydrogen-bond donors (Lipinski definition) is 2. The molecule has 0 aliphatic heterocycles. The van der Waals surface area contributed by atoms with Crippen molar-refractivity contribution in [2.24, 2.45) is 0 Å². The average molecular weight is 367 g/mol. The zero-order valence-electron chi connectivity index (χ0n) is 14.4. The lowest BCUT2D eigenvalue weighted by Crippen LogP contribution is -2.16. The van der Waals surface area contributed by atoms with E-state index in [-0.39, 0.29) is 5.91 Å². The van der Waals surface area contributed by atoms with Crippen LogP contribution in [0.1, 0.15) is 21.6 Å². The molecule has 0 fully saturated rings. The number of amides is 1. The minimum atomic E-state index is -0.302. The number of hydrogen-bond acceptors (Lipinski definition) is 4. The number of carbonyl (C=O) groups excluding carboxylic acids is 1. The summed E-state index contributed by atoms with van der Waals surface area (Å²) in [6.45, 7) is 2.54. The van der Waals surface area contributed by atoms with Crippen LogP contribution in [-0.4, -0.2) is 22.4 Å². The topological polar surface area (TPSA) is 66.9 Å². The molecular weight excluding hydrogens is 348 g/mol. The largest absolute Gasteiger partial charge is 0.354 e. The fraction of sp³-hybridized carbons (Fsp3) is 0.150. The van der Waals surface area contributed by atoms with Crippen LogP contribution in [0.2, 0.25) is 5.02 Å². The molecule has 0 bridgehead atoms. The standard InChI is InChI=1S/C20H19ClN4O/c1-14-16(21)8-5-9-17(14)24-19(26)18-11-13-23-20(25-18)22-12-10-15-6-3-2-4-7-15/h2-9,11,13H,10,12H2,1H3,(H,24,26)(H,22,23,25). The molecule has 0 aliphatic rings. The number of benzene rings is 2. The highest BCUT2D eigenvalue weighted by Crippen LogP contribution is 2.23. The van der Waals surface area contributed by atoms with Gasteiger partial charge in [0.15, 0.2) is 0 Å². The van der Waals surface area contributed by atoms with Crippen LogP contribution in [0.15, 0.2) is 60.8 Å². The normalized spacial score (nSPS) is 10.4. The highest BCUT2D eigenvalue weighted by atomic mass is 35.5. The molecular formula is C20H19ClN4O. The Hall–Kier alpha value is -2.92. The Bertz CT molecular complexity index is 899. The number of carbonyl (C=O) groups is 1. The Morgan fingerprint density at radius 3 is 2.69 bits per heavy atom. The molecule has 2 N–H and O–H groups in total. The van der Waals surface area contributed by atoms with Gasteiger partial charge in [-0.15, -0.1) is 0 Å². The first-order valence-corrected chi connectivity index (χ1v) is 8.68. The molecule has 0 saturated heterocycles. The van der Waals surface area contributed by atoms with Crippen LogP contribution in [0.25, 0.3) is 0 Å². The van der Waals surface area contributed by atoms with Gasteiger partial charge in [0.25, 0.3) is 5.91 Å². The molecule has 2 aromatic carbocycles. The number of nitrogens with one attached hydrogen (secondary N) is 2. The first-order chi connectivity index (χ1) is 12.6. The SMILES string of the molecule is Cc1c(Cl)cccc1NC(=O)c1ccnc(NCCc2ccccc2)n1. The van der Waals surface area contributed by atoms with Gasteiger partial charge >= 0.3 is 0 Å². The second-order valence-electron chi connectivity index (χ2n) is 5.79. The fourth-order valence-corrected chi connectivity index (χ4v) is 2.64. The molecule has 1 aromatic heterocycles. The zero-order valence-corrected chi connectivity index (χ0v) is 15.1. The van der Waals surface area contributed by atoms with Gasteiger partial charge in [-0.25, -0.2) is 9.97 Å². The van der Waals surface area contributed by atoms with E-state index < -0.39 is 0 Å². The molecule has 0 spiro atoms. The summed E-state index contributed by atoms with van der Waals surface area (Å²) < 4.78 is 0. The maximum atomic E-state index is 12.5. The van der Waals surface area contributed by atoms with Gasteiger partial charge in [-0.05, 0) is 42.7 Å². The molecule has 132 valence electrons. The van der Waals surface area contributed by atoms with Crippen molar-refractivity contribution in [1.82, 2.24) is 9.97 Å². The predicted molar refractivity (Wildman–Crippen MR) is 105 cm³/mol. The summed E-state index contributed by atoms with van der Waals surface area (Å²) in [4.78, 5) is 20.9. The van der Waals surface area contributed by atoms with Crippen LogP contribution in [0.3, 0.4) is 0 Å². The lowest BCUT2D eigenvalue weighted by molar-refractivity contribution is 0.102. The van der Waals surface area contributed by atoms with Gasteiger partial charge < -0.3 is 10.6 Å². The summed E-state index contributed by atoms with van der Waals surface area (Å²) >= 11 is 6.09. The van der Waals surface area contributed by atoms with Crippen molar-refractivity contribution in [1.29, 1.82) is 0 Å². The smallest absolute Gasteiger partial charge is 0.274 e. The first-order valence-electron chi connectivity index (χ1n) is 8.31. The monoisotopic (exact) mass is 366 g/mol. The second kappa shape index (κ2) is 8.45. The number of anilines is 2. The summed E-state index contributed by atoms with van der Waals surface area (Å²) in [5, 5.41) is 6.59. The Kier molecular flexibility index (Phi) is 5.81. The molecule has 0 unspecified atom stereocenters. The van der Waals surface area contributed by atoms with E-state index in [4.69, 9.17) is 11.6 Å². The molecule has 1 heterocycles. The van der Waals surface area contributed by atoms with Crippen LogP contribution < -0.4 is 10.6 Å². The minimum absolute atomic E-state index is 0.293. The van der Waals surface area contributed by atoms with Crippen LogP contribution in [0, 0.1) is 6.92 Å². The maximum Gasteiger partial charge on any atom is 0.274 e.